The van der Waals surface area contributed by atoms with Gasteiger partial charge in [0.25, 0.3) is 0 Å². The molecule has 0 radical (unpaired) electrons. The predicted molar refractivity (Wildman–Crippen MR) is 55.5 cm³/mol. The largest absolute Gasteiger partial charge is 0.502 e. The number of rotatable bonds is 4. The van der Waals surface area contributed by atoms with Gasteiger partial charge in [0, 0.05) is 4.47 Å². The quantitative estimate of drug-likeness (QED) is 0.874. The number of hydrogen-bond acceptors (Lipinski definition) is 4. The minimum atomic E-state index is -1.12. The second-order valence-corrected chi connectivity index (χ2v) is 3.55. The van der Waals surface area contributed by atoms with Crippen LogP contribution in [-0.2, 0) is 4.79 Å². The van der Waals surface area contributed by atoms with Crippen LogP contribution in [0.25, 0.3) is 0 Å². The molecule has 0 fully saturated rings. The van der Waals surface area contributed by atoms with Gasteiger partial charge in [0.05, 0.1) is 7.11 Å². The van der Waals surface area contributed by atoms with Crippen molar-refractivity contribution in [3.05, 3.63) is 16.6 Å². The van der Waals surface area contributed by atoms with Crippen LogP contribution in [0.2, 0.25) is 0 Å². The van der Waals surface area contributed by atoms with Crippen LogP contribution in [0.1, 0.15) is 0 Å². The maximum absolute atomic E-state index is 10.3. The number of ether oxygens (including phenoxy) is 2. The SMILES string of the molecule is COc1cc(Br)cc(OCC(=O)O)c1O. The Kier molecular flexibility index (Phi) is 3.79. The summed E-state index contributed by atoms with van der Waals surface area (Å²) in [5.74, 6) is -1.07. The Labute approximate surface area is 94.4 Å². The first-order valence-electron chi connectivity index (χ1n) is 3.95. The summed E-state index contributed by atoms with van der Waals surface area (Å²) < 4.78 is 10.4. The van der Waals surface area contributed by atoms with Crippen molar-refractivity contribution in [2.24, 2.45) is 0 Å². The molecule has 6 heteroatoms. The molecule has 0 atom stereocenters. The molecule has 0 aliphatic rings. The number of phenolic OH excluding ortho intramolecular Hbond substituents is 1. The molecule has 5 nitrogen and oxygen atoms in total. The molecule has 0 heterocycles. The van der Waals surface area contributed by atoms with Crippen molar-refractivity contribution >= 4 is 21.9 Å². The fourth-order valence-electron chi connectivity index (χ4n) is 0.955. The highest BCUT2D eigenvalue weighted by Gasteiger charge is 2.12. The summed E-state index contributed by atoms with van der Waals surface area (Å²) in [7, 11) is 1.39. The first kappa shape index (κ1) is 11.6. The molecule has 0 aromatic heterocycles. The molecular formula is C9H9BrO5. The van der Waals surface area contributed by atoms with Crippen molar-refractivity contribution < 1.29 is 24.5 Å². The minimum Gasteiger partial charge on any atom is -0.502 e. The molecule has 0 aliphatic carbocycles. The molecule has 82 valence electrons. The zero-order chi connectivity index (χ0) is 11.4. The molecule has 2 N–H and O–H groups in total. The summed E-state index contributed by atoms with van der Waals surface area (Å²) in [5.41, 5.74) is 0. The second-order valence-electron chi connectivity index (χ2n) is 2.64. The lowest BCUT2D eigenvalue weighted by atomic mass is 10.3. The van der Waals surface area contributed by atoms with Gasteiger partial charge in [-0.05, 0) is 12.1 Å². The molecule has 0 saturated heterocycles. The Morgan fingerprint density at radius 2 is 2.07 bits per heavy atom. The molecular weight excluding hydrogens is 268 g/mol. The maximum atomic E-state index is 10.3. The Hall–Kier alpha value is -1.43. The normalized spacial score (nSPS) is 9.73. The molecule has 0 aliphatic heterocycles. The van der Waals surface area contributed by atoms with Crippen LogP contribution in [0.4, 0.5) is 0 Å². The standard InChI is InChI=1S/C9H9BrO5/c1-14-6-2-5(10)3-7(9(6)13)15-4-8(11)12/h2-3,13H,4H2,1H3,(H,11,12). The van der Waals surface area contributed by atoms with E-state index in [1.54, 1.807) is 6.07 Å². The molecule has 1 rings (SSSR count). The van der Waals surface area contributed by atoms with Gasteiger partial charge < -0.3 is 19.7 Å². The van der Waals surface area contributed by atoms with Gasteiger partial charge in [0.1, 0.15) is 0 Å². The van der Waals surface area contributed by atoms with Gasteiger partial charge in [-0.3, -0.25) is 0 Å². The number of carbonyl (C=O) groups is 1. The zero-order valence-corrected chi connectivity index (χ0v) is 9.44. The lowest BCUT2D eigenvalue weighted by Gasteiger charge is -2.09. The van der Waals surface area contributed by atoms with Gasteiger partial charge >= 0.3 is 5.97 Å². The summed E-state index contributed by atoms with van der Waals surface area (Å²) in [4.78, 5) is 10.3. The van der Waals surface area contributed by atoms with E-state index in [-0.39, 0.29) is 17.2 Å². The smallest absolute Gasteiger partial charge is 0.341 e. The highest BCUT2D eigenvalue weighted by Crippen LogP contribution is 2.38. The summed E-state index contributed by atoms with van der Waals surface area (Å²) >= 11 is 3.18. The number of aliphatic carboxylic acids is 1. The van der Waals surface area contributed by atoms with E-state index in [2.05, 4.69) is 15.9 Å². The first-order valence-corrected chi connectivity index (χ1v) is 4.75. The van der Waals surface area contributed by atoms with Crippen LogP contribution in [-0.4, -0.2) is 29.9 Å². The van der Waals surface area contributed by atoms with Gasteiger partial charge in [0.15, 0.2) is 18.1 Å². The number of benzene rings is 1. The topological polar surface area (TPSA) is 76.0 Å². The Morgan fingerprint density at radius 1 is 1.47 bits per heavy atom. The number of phenols is 1. The van der Waals surface area contributed by atoms with E-state index in [9.17, 15) is 9.90 Å². The Bertz CT molecular complexity index is 377. The van der Waals surface area contributed by atoms with Crippen LogP contribution in [0.15, 0.2) is 16.6 Å². The third-order valence-corrected chi connectivity index (χ3v) is 2.03. The van der Waals surface area contributed by atoms with E-state index in [1.165, 1.54) is 13.2 Å². The van der Waals surface area contributed by atoms with Crippen LogP contribution in [0.5, 0.6) is 17.2 Å². The summed E-state index contributed by atoms with van der Waals surface area (Å²) in [6.07, 6.45) is 0. The van der Waals surface area contributed by atoms with E-state index in [1.807, 2.05) is 0 Å². The van der Waals surface area contributed by atoms with Gasteiger partial charge in [-0.2, -0.15) is 0 Å². The predicted octanol–water partition coefficient (Wildman–Crippen LogP) is 1.63. The first-order chi connectivity index (χ1) is 7.04. The van der Waals surface area contributed by atoms with Gasteiger partial charge in [-0.15, -0.1) is 0 Å². The van der Waals surface area contributed by atoms with E-state index in [0.717, 1.165) is 0 Å². The number of carboxylic acid groups (broad SMARTS) is 1. The lowest BCUT2D eigenvalue weighted by molar-refractivity contribution is -0.139. The Morgan fingerprint density at radius 3 is 2.60 bits per heavy atom. The lowest BCUT2D eigenvalue weighted by Crippen LogP contribution is -2.09. The van der Waals surface area contributed by atoms with Crippen molar-refractivity contribution in [3.8, 4) is 17.2 Å². The van der Waals surface area contributed by atoms with E-state index >= 15 is 0 Å². The molecule has 0 amide bonds. The summed E-state index contributed by atoms with van der Waals surface area (Å²) in [6.45, 7) is -0.521. The highest BCUT2D eigenvalue weighted by molar-refractivity contribution is 9.10. The molecule has 0 bridgehead atoms. The molecule has 0 spiro atoms. The average Bonchev–Trinajstić information content (AvgIpc) is 2.18. The third kappa shape index (κ3) is 3.02. The second kappa shape index (κ2) is 4.88. The van der Waals surface area contributed by atoms with Crippen LogP contribution in [0, 0.1) is 0 Å². The van der Waals surface area contributed by atoms with Crippen molar-refractivity contribution in [2.75, 3.05) is 13.7 Å². The minimum absolute atomic E-state index is 0.0589. The van der Waals surface area contributed by atoms with Crippen molar-refractivity contribution in [2.45, 2.75) is 0 Å². The molecule has 1 aromatic rings. The van der Waals surface area contributed by atoms with E-state index < -0.39 is 12.6 Å². The van der Waals surface area contributed by atoms with Crippen molar-refractivity contribution in [1.82, 2.24) is 0 Å². The maximum Gasteiger partial charge on any atom is 0.341 e. The molecule has 15 heavy (non-hydrogen) atoms. The summed E-state index contributed by atoms with van der Waals surface area (Å²) in [5, 5.41) is 18.0. The number of carboxylic acids is 1. The summed E-state index contributed by atoms with van der Waals surface area (Å²) in [6, 6.07) is 3.00. The number of aromatic hydroxyl groups is 1. The number of hydrogen-bond donors (Lipinski definition) is 2. The average molecular weight is 277 g/mol. The van der Waals surface area contributed by atoms with Gasteiger partial charge in [0.2, 0.25) is 5.75 Å². The van der Waals surface area contributed by atoms with Crippen LogP contribution >= 0.6 is 15.9 Å². The molecule has 0 saturated carbocycles. The van der Waals surface area contributed by atoms with Crippen molar-refractivity contribution in [3.63, 3.8) is 0 Å². The molecule has 1 aromatic carbocycles. The van der Waals surface area contributed by atoms with Gasteiger partial charge in [-0.1, -0.05) is 15.9 Å². The van der Waals surface area contributed by atoms with E-state index in [4.69, 9.17) is 14.6 Å². The van der Waals surface area contributed by atoms with Gasteiger partial charge in [-0.25, -0.2) is 4.79 Å². The highest BCUT2D eigenvalue weighted by atomic mass is 79.9. The van der Waals surface area contributed by atoms with Crippen LogP contribution in [0.3, 0.4) is 0 Å². The Balaban J connectivity index is 2.95. The zero-order valence-electron chi connectivity index (χ0n) is 7.86. The van der Waals surface area contributed by atoms with Crippen molar-refractivity contribution in [1.29, 1.82) is 0 Å². The fraction of sp³-hybridized carbons (Fsp3) is 0.222. The molecule has 0 unspecified atom stereocenters. The monoisotopic (exact) mass is 276 g/mol. The van der Waals surface area contributed by atoms with Crippen LogP contribution < -0.4 is 9.47 Å². The fourth-order valence-corrected chi connectivity index (χ4v) is 1.37. The number of methoxy groups -OCH3 is 1. The van der Waals surface area contributed by atoms with E-state index in [0.29, 0.717) is 4.47 Å². The third-order valence-electron chi connectivity index (χ3n) is 1.58. The number of halogens is 1.